The third-order valence-corrected chi connectivity index (χ3v) is 3.01. The molecule has 2 heterocycles. The summed E-state index contributed by atoms with van der Waals surface area (Å²) in [6, 6.07) is 5.25. The molecule has 0 amide bonds. The zero-order valence-electron chi connectivity index (χ0n) is 10.4. The van der Waals surface area contributed by atoms with Crippen molar-refractivity contribution in [1.29, 1.82) is 0 Å². The van der Waals surface area contributed by atoms with Crippen LogP contribution in [0.5, 0.6) is 11.5 Å². The lowest BCUT2D eigenvalue weighted by atomic mass is 10.1. The average molecular weight is 245 g/mol. The van der Waals surface area contributed by atoms with Gasteiger partial charge in [0.2, 0.25) is 6.79 Å². The molecule has 0 saturated carbocycles. The van der Waals surface area contributed by atoms with Gasteiger partial charge in [-0.3, -0.25) is 4.79 Å². The number of nitrogens with one attached hydrogen (secondary N) is 1. The van der Waals surface area contributed by atoms with Gasteiger partial charge in [0.15, 0.2) is 16.9 Å². The highest BCUT2D eigenvalue weighted by Gasteiger charge is 2.16. The molecular formula is C14H15NO3. The molecule has 18 heavy (non-hydrogen) atoms. The first kappa shape index (κ1) is 11.1. The lowest BCUT2D eigenvalue weighted by Crippen LogP contribution is -2.07. The van der Waals surface area contributed by atoms with Gasteiger partial charge in [0.05, 0.1) is 5.52 Å². The van der Waals surface area contributed by atoms with Crippen molar-refractivity contribution in [3.05, 3.63) is 34.1 Å². The van der Waals surface area contributed by atoms with Gasteiger partial charge in [-0.25, -0.2) is 0 Å². The van der Waals surface area contributed by atoms with E-state index in [0.717, 1.165) is 17.6 Å². The van der Waals surface area contributed by atoms with Crippen molar-refractivity contribution in [1.82, 2.24) is 4.98 Å². The predicted molar refractivity (Wildman–Crippen MR) is 69.2 cm³/mol. The van der Waals surface area contributed by atoms with E-state index in [-0.39, 0.29) is 12.2 Å². The molecule has 1 aromatic heterocycles. The van der Waals surface area contributed by atoms with Crippen LogP contribution < -0.4 is 14.9 Å². The standard InChI is InChI=1S/C14H15NO3/c1-8(2)3-9-4-12(16)10-5-13-14(18-7-17-13)6-11(10)15-9/h4-6,8H,3,7H2,1-2H3,(H,15,16). The van der Waals surface area contributed by atoms with E-state index in [0.29, 0.717) is 22.8 Å². The first-order valence-electron chi connectivity index (χ1n) is 6.09. The van der Waals surface area contributed by atoms with Crippen LogP contribution in [0.1, 0.15) is 19.5 Å². The Balaban J connectivity index is 2.18. The molecule has 0 unspecified atom stereocenters. The number of hydrogen-bond acceptors (Lipinski definition) is 3. The lowest BCUT2D eigenvalue weighted by molar-refractivity contribution is 0.174. The summed E-state index contributed by atoms with van der Waals surface area (Å²) in [5, 5.41) is 0.645. The van der Waals surface area contributed by atoms with Gasteiger partial charge in [-0.15, -0.1) is 0 Å². The van der Waals surface area contributed by atoms with E-state index in [2.05, 4.69) is 18.8 Å². The Morgan fingerprint density at radius 2 is 1.94 bits per heavy atom. The minimum atomic E-state index is 0.0256. The van der Waals surface area contributed by atoms with Gasteiger partial charge < -0.3 is 14.5 Å². The van der Waals surface area contributed by atoms with E-state index in [4.69, 9.17) is 9.47 Å². The number of pyridine rings is 1. The van der Waals surface area contributed by atoms with Gasteiger partial charge in [-0.2, -0.15) is 0 Å². The SMILES string of the molecule is CC(C)Cc1cc(=O)c2cc3c(cc2[nH]1)OCO3. The summed E-state index contributed by atoms with van der Waals surface area (Å²) in [5.74, 6) is 1.84. The number of aromatic nitrogens is 1. The maximum atomic E-state index is 12.1. The molecule has 0 aliphatic carbocycles. The summed E-state index contributed by atoms with van der Waals surface area (Å²) < 4.78 is 10.6. The average Bonchev–Trinajstić information content (AvgIpc) is 2.72. The molecule has 0 saturated heterocycles. The maximum absolute atomic E-state index is 12.1. The van der Waals surface area contributed by atoms with Crippen LogP contribution in [0, 0.1) is 5.92 Å². The fourth-order valence-electron chi connectivity index (χ4n) is 2.24. The highest BCUT2D eigenvalue weighted by atomic mass is 16.7. The minimum absolute atomic E-state index is 0.0256. The molecule has 1 N–H and O–H groups in total. The Hall–Kier alpha value is -1.97. The molecule has 4 nitrogen and oxygen atoms in total. The second-order valence-corrected chi connectivity index (χ2v) is 5.01. The number of rotatable bonds is 2. The Morgan fingerprint density at radius 3 is 2.67 bits per heavy atom. The zero-order valence-corrected chi connectivity index (χ0v) is 10.4. The van der Waals surface area contributed by atoms with Crippen molar-refractivity contribution >= 4 is 10.9 Å². The van der Waals surface area contributed by atoms with Crippen molar-refractivity contribution in [3.8, 4) is 11.5 Å². The molecular weight excluding hydrogens is 230 g/mol. The number of aromatic amines is 1. The van der Waals surface area contributed by atoms with Gasteiger partial charge in [-0.1, -0.05) is 13.8 Å². The minimum Gasteiger partial charge on any atom is -0.454 e. The topological polar surface area (TPSA) is 51.3 Å². The molecule has 0 spiro atoms. The van der Waals surface area contributed by atoms with E-state index >= 15 is 0 Å². The van der Waals surface area contributed by atoms with Gasteiger partial charge >= 0.3 is 0 Å². The van der Waals surface area contributed by atoms with E-state index in [1.165, 1.54) is 0 Å². The number of ether oxygens (including phenoxy) is 2. The molecule has 0 bridgehead atoms. The van der Waals surface area contributed by atoms with Crippen LogP contribution in [-0.2, 0) is 6.42 Å². The van der Waals surface area contributed by atoms with Gasteiger partial charge in [0.25, 0.3) is 0 Å². The summed E-state index contributed by atoms with van der Waals surface area (Å²) in [7, 11) is 0. The Labute approximate surface area is 105 Å². The lowest BCUT2D eigenvalue weighted by Gasteiger charge is -2.07. The van der Waals surface area contributed by atoms with Crippen LogP contribution in [0.3, 0.4) is 0 Å². The van der Waals surface area contributed by atoms with Crippen LogP contribution in [0.25, 0.3) is 10.9 Å². The van der Waals surface area contributed by atoms with E-state index in [9.17, 15) is 4.79 Å². The molecule has 94 valence electrons. The number of hydrogen-bond donors (Lipinski definition) is 1. The fourth-order valence-corrected chi connectivity index (χ4v) is 2.24. The number of benzene rings is 1. The zero-order chi connectivity index (χ0) is 12.7. The normalized spacial score (nSPS) is 13.5. The molecule has 1 aliphatic rings. The Bertz CT molecular complexity index is 658. The van der Waals surface area contributed by atoms with E-state index < -0.39 is 0 Å². The third-order valence-electron chi connectivity index (χ3n) is 3.01. The van der Waals surface area contributed by atoms with Crippen LogP contribution in [0.2, 0.25) is 0 Å². The molecule has 4 heteroatoms. The number of fused-ring (bicyclic) bond motifs is 2. The van der Waals surface area contributed by atoms with Crippen molar-refractivity contribution in [2.45, 2.75) is 20.3 Å². The van der Waals surface area contributed by atoms with Crippen molar-refractivity contribution in [3.63, 3.8) is 0 Å². The van der Waals surface area contributed by atoms with Gasteiger partial charge in [-0.05, 0) is 18.4 Å². The summed E-state index contributed by atoms with van der Waals surface area (Å²) in [6.45, 7) is 4.48. The van der Waals surface area contributed by atoms with Crippen LogP contribution >= 0.6 is 0 Å². The van der Waals surface area contributed by atoms with Crippen molar-refractivity contribution in [2.75, 3.05) is 6.79 Å². The fraction of sp³-hybridized carbons (Fsp3) is 0.357. The second kappa shape index (κ2) is 4.05. The van der Waals surface area contributed by atoms with E-state index in [1.807, 2.05) is 6.07 Å². The van der Waals surface area contributed by atoms with Crippen LogP contribution in [0.4, 0.5) is 0 Å². The summed E-state index contributed by atoms with van der Waals surface area (Å²) in [6.07, 6.45) is 0.861. The molecule has 0 fully saturated rings. The predicted octanol–water partition coefficient (Wildman–Crippen LogP) is 2.46. The van der Waals surface area contributed by atoms with Crippen molar-refractivity contribution in [2.24, 2.45) is 5.92 Å². The number of H-pyrrole nitrogens is 1. The largest absolute Gasteiger partial charge is 0.454 e. The molecule has 0 atom stereocenters. The maximum Gasteiger partial charge on any atom is 0.231 e. The van der Waals surface area contributed by atoms with Gasteiger partial charge in [0, 0.05) is 23.2 Å². The molecule has 1 aromatic carbocycles. The van der Waals surface area contributed by atoms with E-state index in [1.54, 1.807) is 12.1 Å². The first-order valence-corrected chi connectivity index (χ1v) is 6.09. The molecule has 2 aromatic rings. The molecule has 3 rings (SSSR count). The van der Waals surface area contributed by atoms with Crippen LogP contribution in [-0.4, -0.2) is 11.8 Å². The quantitative estimate of drug-likeness (QED) is 0.884. The highest BCUT2D eigenvalue weighted by Crippen LogP contribution is 2.34. The summed E-state index contributed by atoms with van der Waals surface area (Å²) in [4.78, 5) is 15.4. The first-order chi connectivity index (χ1) is 8.63. The van der Waals surface area contributed by atoms with Gasteiger partial charge in [0.1, 0.15) is 0 Å². The Kier molecular flexibility index (Phi) is 2.51. The summed E-state index contributed by atoms with van der Waals surface area (Å²) in [5.41, 5.74) is 1.79. The summed E-state index contributed by atoms with van der Waals surface area (Å²) >= 11 is 0. The highest BCUT2D eigenvalue weighted by molar-refractivity contribution is 5.82. The molecule has 0 radical (unpaired) electrons. The van der Waals surface area contributed by atoms with Crippen LogP contribution in [0.15, 0.2) is 23.0 Å². The smallest absolute Gasteiger partial charge is 0.231 e. The second-order valence-electron chi connectivity index (χ2n) is 5.01. The third kappa shape index (κ3) is 1.83. The monoisotopic (exact) mass is 245 g/mol. The molecule has 1 aliphatic heterocycles. The Morgan fingerprint density at radius 1 is 1.22 bits per heavy atom. The van der Waals surface area contributed by atoms with Crippen molar-refractivity contribution < 1.29 is 9.47 Å².